The Labute approximate surface area is 180 Å². The lowest BCUT2D eigenvalue weighted by Gasteiger charge is -2.28. The number of unbranched alkanes of at least 4 members (excludes halogenated alkanes) is 1. The quantitative estimate of drug-likeness (QED) is 0.408. The van der Waals surface area contributed by atoms with Crippen LogP contribution in [-0.2, 0) is 0 Å². The van der Waals surface area contributed by atoms with E-state index >= 15 is 0 Å². The Kier molecular flexibility index (Phi) is 9.40. The molecular formula is C29H42. The molecule has 1 aromatic rings. The highest BCUT2D eigenvalue weighted by Crippen LogP contribution is 2.37. The number of rotatable bonds is 7. The van der Waals surface area contributed by atoms with Crippen LogP contribution in [0.15, 0.2) is 36.4 Å². The van der Waals surface area contributed by atoms with Gasteiger partial charge in [-0.2, -0.15) is 0 Å². The maximum absolute atomic E-state index is 3.34. The zero-order valence-corrected chi connectivity index (χ0v) is 19.0. The summed E-state index contributed by atoms with van der Waals surface area (Å²) in [6.45, 7) is 4.62. The lowest BCUT2D eigenvalue weighted by molar-refractivity contribution is 0.294. The van der Waals surface area contributed by atoms with Gasteiger partial charge in [0.25, 0.3) is 0 Å². The topological polar surface area (TPSA) is 0 Å². The third-order valence-corrected chi connectivity index (χ3v) is 7.45. The minimum atomic E-state index is 0.757. The summed E-state index contributed by atoms with van der Waals surface area (Å²) in [5, 5.41) is 0. The fraction of sp³-hybridized carbons (Fsp3) is 0.655. The van der Waals surface area contributed by atoms with Crippen LogP contribution in [0.5, 0.6) is 0 Å². The Bertz CT molecular complexity index is 652. The Morgan fingerprint density at radius 2 is 1.45 bits per heavy atom. The van der Waals surface area contributed by atoms with Gasteiger partial charge in [-0.1, -0.05) is 76.0 Å². The van der Waals surface area contributed by atoms with Crippen LogP contribution in [-0.4, -0.2) is 0 Å². The van der Waals surface area contributed by atoms with E-state index in [1.807, 2.05) is 0 Å². The monoisotopic (exact) mass is 390 g/mol. The van der Waals surface area contributed by atoms with Crippen molar-refractivity contribution in [3.05, 3.63) is 47.5 Å². The number of benzene rings is 1. The second kappa shape index (κ2) is 12.3. The van der Waals surface area contributed by atoms with Crippen LogP contribution in [0.2, 0.25) is 0 Å². The zero-order valence-electron chi connectivity index (χ0n) is 19.0. The highest BCUT2D eigenvalue weighted by molar-refractivity contribution is 5.39. The molecule has 2 saturated carbocycles. The molecule has 2 aliphatic carbocycles. The highest BCUT2D eigenvalue weighted by Gasteiger charge is 2.22. The van der Waals surface area contributed by atoms with Gasteiger partial charge in [0.2, 0.25) is 0 Å². The van der Waals surface area contributed by atoms with Crippen molar-refractivity contribution in [3.63, 3.8) is 0 Å². The number of hydrogen-bond donors (Lipinski definition) is 0. The van der Waals surface area contributed by atoms with Gasteiger partial charge in [-0.15, -0.1) is 0 Å². The molecule has 0 heterocycles. The van der Waals surface area contributed by atoms with Gasteiger partial charge in [-0.05, 0) is 98.8 Å². The van der Waals surface area contributed by atoms with Crippen LogP contribution in [0.3, 0.4) is 0 Å². The van der Waals surface area contributed by atoms with Gasteiger partial charge in [-0.3, -0.25) is 0 Å². The molecule has 2 aliphatic rings. The van der Waals surface area contributed by atoms with Gasteiger partial charge < -0.3 is 0 Å². The summed E-state index contributed by atoms with van der Waals surface area (Å²) < 4.78 is 0. The SMILES string of the molecule is CCCCC1CCC(c2ccc(C#C/C=C/C3CCC(CCC)CC3)cc2)CC1. The van der Waals surface area contributed by atoms with Crippen molar-refractivity contribution < 1.29 is 0 Å². The maximum Gasteiger partial charge on any atom is 0.0249 e. The second-order valence-corrected chi connectivity index (χ2v) is 9.68. The first kappa shape index (κ1) is 22.2. The molecule has 158 valence electrons. The lowest BCUT2D eigenvalue weighted by Crippen LogP contribution is -2.13. The molecule has 0 N–H and O–H groups in total. The van der Waals surface area contributed by atoms with Crippen LogP contribution >= 0.6 is 0 Å². The molecule has 0 amide bonds. The van der Waals surface area contributed by atoms with Gasteiger partial charge in [-0.25, -0.2) is 0 Å². The van der Waals surface area contributed by atoms with Gasteiger partial charge >= 0.3 is 0 Å². The first-order valence-corrected chi connectivity index (χ1v) is 12.6. The first-order chi connectivity index (χ1) is 14.3. The Balaban J connectivity index is 1.42. The summed E-state index contributed by atoms with van der Waals surface area (Å²) in [5.41, 5.74) is 2.69. The molecule has 0 spiro atoms. The smallest absolute Gasteiger partial charge is 0.0249 e. The van der Waals surface area contributed by atoms with Gasteiger partial charge in [0.1, 0.15) is 0 Å². The molecule has 0 bridgehead atoms. The molecule has 1 aromatic carbocycles. The predicted octanol–water partition coefficient (Wildman–Crippen LogP) is 8.66. The molecule has 0 saturated heterocycles. The molecule has 2 fully saturated rings. The largest absolute Gasteiger partial charge is 0.0730 e. The summed E-state index contributed by atoms with van der Waals surface area (Å²) in [6, 6.07) is 9.13. The fourth-order valence-corrected chi connectivity index (χ4v) is 5.50. The van der Waals surface area contributed by atoms with E-state index in [0.29, 0.717) is 0 Å². The first-order valence-electron chi connectivity index (χ1n) is 12.6. The number of allylic oxidation sites excluding steroid dienone is 2. The van der Waals surface area contributed by atoms with Crippen LogP contribution < -0.4 is 0 Å². The van der Waals surface area contributed by atoms with Gasteiger partial charge in [0.15, 0.2) is 0 Å². The van der Waals surface area contributed by atoms with Crippen molar-refractivity contribution in [2.75, 3.05) is 0 Å². The van der Waals surface area contributed by atoms with E-state index < -0.39 is 0 Å². The summed E-state index contributed by atoms with van der Waals surface area (Å²) in [5.74, 6) is 10.1. The summed E-state index contributed by atoms with van der Waals surface area (Å²) in [6.07, 6.45) is 22.6. The molecular weight excluding hydrogens is 348 g/mol. The molecule has 0 unspecified atom stereocenters. The van der Waals surface area contributed by atoms with E-state index in [1.165, 1.54) is 89.0 Å². The zero-order chi connectivity index (χ0) is 20.3. The van der Waals surface area contributed by atoms with E-state index in [2.05, 4.69) is 62.1 Å². The van der Waals surface area contributed by atoms with Crippen LogP contribution in [0, 0.1) is 29.6 Å². The number of hydrogen-bond acceptors (Lipinski definition) is 0. The maximum atomic E-state index is 3.34. The van der Waals surface area contributed by atoms with Crippen molar-refractivity contribution in [1.29, 1.82) is 0 Å². The van der Waals surface area contributed by atoms with Crippen LogP contribution in [0.25, 0.3) is 0 Å². The van der Waals surface area contributed by atoms with Crippen molar-refractivity contribution in [2.45, 2.75) is 103 Å². The normalized spacial score (nSPS) is 27.5. The van der Waals surface area contributed by atoms with E-state index in [1.54, 1.807) is 0 Å². The molecule has 0 aromatic heterocycles. The second-order valence-electron chi connectivity index (χ2n) is 9.68. The molecule has 0 atom stereocenters. The molecule has 3 rings (SSSR count). The summed E-state index contributed by atoms with van der Waals surface area (Å²) in [7, 11) is 0. The van der Waals surface area contributed by atoms with Gasteiger partial charge in [0.05, 0.1) is 0 Å². The van der Waals surface area contributed by atoms with Crippen molar-refractivity contribution in [1.82, 2.24) is 0 Å². The van der Waals surface area contributed by atoms with E-state index in [0.717, 1.165) is 29.2 Å². The van der Waals surface area contributed by atoms with Crippen molar-refractivity contribution in [2.24, 2.45) is 17.8 Å². The van der Waals surface area contributed by atoms with E-state index in [4.69, 9.17) is 0 Å². The van der Waals surface area contributed by atoms with E-state index in [-0.39, 0.29) is 0 Å². The van der Waals surface area contributed by atoms with Crippen molar-refractivity contribution in [3.8, 4) is 11.8 Å². The molecule has 0 nitrogen and oxygen atoms in total. The highest BCUT2D eigenvalue weighted by atomic mass is 14.3. The van der Waals surface area contributed by atoms with Gasteiger partial charge in [0, 0.05) is 5.56 Å². The standard InChI is InChI=1S/C29H42/c1-3-5-9-25-16-20-28(21-17-25)29-22-18-27(19-23-29)11-7-6-10-26-14-12-24(8-4-2)13-15-26/h6,10,18-19,22-26,28H,3-5,8-9,12-17,20-21H2,1-2H3/b10-6+. The Morgan fingerprint density at radius 3 is 2.10 bits per heavy atom. The predicted molar refractivity (Wildman–Crippen MR) is 127 cm³/mol. The third kappa shape index (κ3) is 7.37. The molecule has 0 radical (unpaired) electrons. The Morgan fingerprint density at radius 1 is 0.793 bits per heavy atom. The molecule has 0 aliphatic heterocycles. The summed E-state index contributed by atoms with van der Waals surface area (Å²) >= 11 is 0. The van der Waals surface area contributed by atoms with E-state index in [9.17, 15) is 0 Å². The average molecular weight is 391 g/mol. The van der Waals surface area contributed by atoms with Crippen LogP contribution in [0.4, 0.5) is 0 Å². The third-order valence-electron chi connectivity index (χ3n) is 7.45. The average Bonchev–Trinajstić information content (AvgIpc) is 2.77. The lowest BCUT2D eigenvalue weighted by atomic mass is 9.77. The van der Waals surface area contributed by atoms with Crippen LogP contribution in [0.1, 0.15) is 114 Å². The van der Waals surface area contributed by atoms with Crippen molar-refractivity contribution >= 4 is 0 Å². The Hall–Kier alpha value is -1.48. The minimum Gasteiger partial charge on any atom is -0.0730 e. The fourth-order valence-electron chi connectivity index (χ4n) is 5.50. The molecule has 29 heavy (non-hydrogen) atoms. The molecule has 0 heteroatoms. The summed E-state index contributed by atoms with van der Waals surface area (Å²) in [4.78, 5) is 0. The minimum absolute atomic E-state index is 0.757.